The van der Waals surface area contributed by atoms with Crippen molar-refractivity contribution >= 4 is 5.69 Å². The van der Waals surface area contributed by atoms with Crippen molar-refractivity contribution in [2.75, 3.05) is 45.3 Å². The first-order valence-corrected chi connectivity index (χ1v) is 6.79. The van der Waals surface area contributed by atoms with Crippen LogP contribution in [0.25, 0.3) is 0 Å². The second-order valence-corrected chi connectivity index (χ2v) is 4.98. The lowest BCUT2D eigenvalue weighted by Gasteiger charge is -2.20. The maximum absolute atomic E-state index is 5.13. The van der Waals surface area contributed by atoms with Gasteiger partial charge in [0.05, 0.1) is 6.61 Å². The smallest absolute Gasteiger partial charge is 0.0589 e. The summed E-state index contributed by atoms with van der Waals surface area (Å²) in [6.45, 7) is 7.31. The molecule has 0 fully saturated rings. The van der Waals surface area contributed by atoms with E-state index in [4.69, 9.17) is 4.74 Å². The molecular formula is C15H24N2O. The number of anilines is 1. The van der Waals surface area contributed by atoms with Gasteiger partial charge in [-0.05, 0) is 37.6 Å². The molecule has 3 heteroatoms. The SMILES string of the molecule is CCN1CCc2c(CN(C)CCOC)cccc21. The molecule has 18 heavy (non-hydrogen) atoms. The number of ether oxygens (including phenoxy) is 1. The molecule has 1 aliphatic rings. The van der Waals surface area contributed by atoms with Crippen LogP contribution >= 0.6 is 0 Å². The van der Waals surface area contributed by atoms with E-state index in [1.54, 1.807) is 12.7 Å². The summed E-state index contributed by atoms with van der Waals surface area (Å²) in [6.07, 6.45) is 1.19. The molecule has 0 aromatic heterocycles. The Labute approximate surface area is 110 Å². The molecular weight excluding hydrogens is 224 g/mol. The van der Waals surface area contributed by atoms with E-state index >= 15 is 0 Å². The van der Waals surface area contributed by atoms with Crippen molar-refractivity contribution in [2.24, 2.45) is 0 Å². The van der Waals surface area contributed by atoms with Gasteiger partial charge < -0.3 is 9.64 Å². The monoisotopic (exact) mass is 248 g/mol. The highest BCUT2D eigenvalue weighted by molar-refractivity contribution is 5.60. The number of methoxy groups -OCH3 is 1. The van der Waals surface area contributed by atoms with Crippen LogP contribution in [-0.2, 0) is 17.7 Å². The van der Waals surface area contributed by atoms with E-state index in [-0.39, 0.29) is 0 Å². The third-order valence-electron chi connectivity index (χ3n) is 3.72. The maximum atomic E-state index is 5.13. The summed E-state index contributed by atoms with van der Waals surface area (Å²) in [5.74, 6) is 0. The minimum absolute atomic E-state index is 0.798. The molecule has 1 aromatic carbocycles. The Bertz CT molecular complexity index is 392. The third-order valence-corrected chi connectivity index (χ3v) is 3.72. The van der Waals surface area contributed by atoms with Gasteiger partial charge in [-0.3, -0.25) is 4.90 Å². The van der Waals surface area contributed by atoms with Crippen molar-refractivity contribution in [3.8, 4) is 0 Å². The van der Waals surface area contributed by atoms with Crippen molar-refractivity contribution in [1.29, 1.82) is 0 Å². The molecule has 0 saturated heterocycles. The lowest BCUT2D eigenvalue weighted by Crippen LogP contribution is -2.22. The van der Waals surface area contributed by atoms with Gasteiger partial charge in [0.2, 0.25) is 0 Å². The minimum Gasteiger partial charge on any atom is -0.383 e. The molecule has 0 spiro atoms. The van der Waals surface area contributed by atoms with E-state index < -0.39 is 0 Å². The van der Waals surface area contributed by atoms with E-state index in [0.717, 1.165) is 26.2 Å². The number of benzene rings is 1. The normalized spacial score (nSPS) is 14.3. The predicted molar refractivity (Wildman–Crippen MR) is 76.2 cm³/mol. The molecule has 2 rings (SSSR count). The molecule has 0 radical (unpaired) electrons. The van der Waals surface area contributed by atoms with Gasteiger partial charge in [0.15, 0.2) is 0 Å². The second kappa shape index (κ2) is 6.21. The van der Waals surface area contributed by atoms with Gasteiger partial charge in [-0.15, -0.1) is 0 Å². The summed E-state index contributed by atoms with van der Waals surface area (Å²) < 4.78 is 5.13. The molecule has 0 N–H and O–H groups in total. The van der Waals surface area contributed by atoms with Crippen molar-refractivity contribution < 1.29 is 4.74 Å². The summed E-state index contributed by atoms with van der Waals surface area (Å²) in [7, 11) is 3.91. The molecule has 0 amide bonds. The molecule has 3 nitrogen and oxygen atoms in total. The predicted octanol–water partition coefficient (Wildman–Crippen LogP) is 2.15. The number of nitrogens with zero attached hydrogens (tertiary/aromatic N) is 2. The Balaban J connectivity index is 2.08. The van der Waals surface area contributed by atoms with Crippen molar-refractivity contribution in [3.05, 3.63) is 29.3 Å². The number of fused-ring (bicyclic) bond motifs is 1. The fourth-order valence-corrected chi connectivity index (χ4v) is 2.67. The van der Waals surface area contributed by atoms with Gasteiger partial charge >= 0.3 is 0 Å². The zero-order valence-corrected chi connectivity index (χ0v) is 11.8. The average Bonchev–Trinajstić information content (AvgIpc) is 2.80. The number of likely N-dealkylation sites (N-methyl/N-ethyl adjacent to an activating group) is 2. The first-order valence-electron chi connectivity index (χ1n) is 6.79. The summed E-state index contributed by atoms with van der Waals surface area (Å²) in [4.78, 5) is 4.79. The molecule has 0 aliphatic carbocycles. The van der Waals surface area contributed by atoms with Crippen molar-refractivity contribution in [3.63, 3.8) is 0 Å². The zero-order chi connectivity index (χ0) is 13.0. The number of rotatable bonds is 6. The Morgan fingerprint density at radius 2 is 2.22 bits per heavy atom. The molecule has 0 bridgehead atoms. The average molecular weight is 248 g/mol. The van der Waals surface area contributed by atoms with E-state index in [1.807, 2.05) is 0 Å². The zero-order valence-electron chi connectivity index (χ0n) is 11.8. The van der Waals surface area contributed by atoms with E-state index in [0.29, 0.717) is 0 Å². The molecule has 0 saturated carbocycles. The summed E-state index contributed by atoms with van der Waals surface area (Å²) in [6, 6.07) is 6.71. The van der Waals surface area contributed by atoms with Crippen LogP contribution in [0.5, 0.6) is 0 Å². The highest BCUT2D eigenvalue weighted by Crippen LogP contribution is 2.30. The van der Waals surface area contributed by atoms with Gasteiger partial charge in [-0.25, -0.2) is 0 Å². The quantitative estimate of drug-likeness (QED) is 0.767. The van der Waals surface area contributed by atoms with Gasteiger partial charge in [0, 0.05) is 39.0 Å². The first kappa shape index (κ1) is 13.4. The Hall–Kier alpha value is -1.06. The van der Waals surface area contributed by atoms with Crippen LogP contribution in [0.3, 0.4) is 0 Å². The van der Waals surface area contributed by atoms with Crippen LogP contribution in [0.15, 0.2) is 18.2 Å². The number of hydrogen-bond donors (Lipinski definition) is 0. The fourth-order valence-electron chi connectivity index (χ4n) is 2.67. The van der Waals surface area contributed by atoms with Gasteiger partial charge in [0.1, 0.15) is 0 Å². The van der Waals surface area contributed by atoms with Gasteiger partial charge in [-0.1, -0.05) is 12.1 Å². The highest BCUT2D eigenvalue weighted by atomic mass is 16.5. The number of hydrogen-bond acceptors (Lipinski definition) is 3. The Morgan fingerprint density at radius 1 is 1.39 bits per heavy atom. The van der Waals surface area contributed by atoms with Crippen molar-refractivity contribution in [1.82, 2.24) is 4.90 Å². The van der Waals surface area contributed by atoms with Crippen LogP contribution in [0.2, 0.25) is 0 Å². The molecule has 0 atom stereocenters. The standard InChI is InChI=1S/C15H24N2O/c1-4-17-9-8-14-13(6-5-7-15(14)17)12-16(2)10-11-18-3/h5-7H,4,8-12H2,1-3H3. The third kappa shape index (κ3) is 2.85. The second-order valence-electron chi connectivity index (χ2n) is 4.98. The Morgan fingerprint density at radius 3 is 2.94 bits per heavy atom. The topological polar surface area (TPSA) is 15.7 Å². The van der Waals surface area contributed by atoms with Gasteiger partial charge in [-0.2, -0.15) is 0 Å². The van der Waals surface area contributed by atoms with Crippen molar-refractivity contribution in [2.45, 2.75) is 19.9 Å². The Kier molecular flexibility index (Phi) is 4.61. The summed E-state index contributed by atoms with van der Waals surface area (Å²) in [5, 5.41) is 0. The van der Waals surface area contributed by atoms with Crippen LogP contribution < -0.4 is 4.90 Å². The highest BCUT2D eigenvalue weighted by Gasteiger charge is 2.20. The summed E-state index contributed by atoms with van der Waals surface area (Å²) in [5.41, 5.74) is 4.46. The van der Waals surface area contributed by atoms with E-state index in [9.17, 15) is 0 Å². The van der Waals surface area contributed by atoms with E-state index in [2.05, 4.69) is 42.0 Å². The lowest BCUT2D eigenvalue weighted by molar-refractivity contribution is 0.158. The molecule has 1 aromatic rings. The summed E-state index contributed by atoms with van der Waals surface area (Å²) >= 11 is 0. The van der Waals surface area contributed by atoms with Crippen LogP contribution in [0, 0.1) is 0 Å². The van der Waals surface area contributed by atoms with E-state index in [1.165, 1.54) is 24.2 Å². The van der Waals surface area contributed by atoms with Crippen LogP contribution in [0.4, 0.5) is 5.69 Å². The molecule has 0 unspecified atom stereocenters. The molecule has 100 valence electrons. The molecule has 1 heterocycles. The maximum Gasteiger partial charge on any atom is 0.0589 e. The van der Waals surface area contributed by atoms with Gasteiger partial charge in [0.25, 0.3) is 0 Å². The minimum atomic E-state index is 0.798. The van der Waals surface area contributed by atoms with Crippen LogP contribution in [0.1, 0.15) is 18.1 Å². The first-order chi connectivity index (χ1) is 8.76. The largest absolute Gasteiger partial charge is 0.383 e. The molecule has 1 aliphatic heterocycles. The van der Waals surface area contributed by atoms with Crippen LogP contribution in [-0.4, -0.2) is 45.3 Å². The lowest BCUT2D eigenvalue weighted by atomic mass is 10.0. The fraction of sp³-hybridized carbons (Fsp3) is 0.600.